The summed E-state index contributed by atoms with van der Waals surface area (Å²) >= 11 is 11.8. The third kappa shape index (κ3) is 3.16. The zero-order chi connectivity index (χ0) is 13.8. The summed E-state index contributed by atoms with van der Waals surface area (Å²) < 4.78 is 0. The zero-order valence-corrected chi connectivity index (χ0v) is 11.8. The molecule has 0 bridgehead atoms. The Hall–Kier alpha value is -1.24. The first kappa shape index (κ1) is 14.8. The maximum absolute atomic E-state index is 12.1. The van der Waals surface area contributed by atoms with Gasteiger partial charge in [0.15, 0.2) is 0 Å². The van der Waals surface area contributed by atoms with E-state index in [2.05, 4.69) is 11.4 Å². The minimum Gasteiger partial charge on any atom is -0.334 e. The summed E-state index contributed by atoms with van der Waals surface area (Å²) in [6.45, 7) is 3.71. The minimum absolute atomic E-state index is 0.283. The molecule has 1 aromatic carbocycles. The molecule has 0 fully saturated rings. The molecule has 5 heteroatoms. The monoisotopic (exact) mass is 284 g/mol. The molecule has 0 saturated heterocycles. The predicted octanol–water partition coefficient (Wildman–Crippen LogP) is 3.81. The normalized spacial score (nSPS) is 10.8. The molecule has 0 aliphatic carbocycles. The van der Waals surface area contributed by atoms with Crippen molar-refractivity contribution in [3.8, 4) is 6.07 Å². The zero-order valence-electron chi connectivity index (χ0n) is 10.3. The summed E-state index contributed by atoms with van der Waals surface area (Å²) in [5.74, 6) is -0.382. The van der Waals surface area contributed by atoms with Gasteiger partial charge in [0.1, 0.15) is 5.54 Å². The molecule has 0 unspecified atom stereocenters. The van der Waals surface area contributed by atoms with Crippen molar-refractivity contribution in [3.63, 3.8) is 0 Å². The van der Waals surface area contributed by atoms with Gasteiger partial charge >= 0.3 is 0 Å². The maximum Gasteiger partial charge on any atom is 0.254 e. The Balaban J connectivity index is 3.02. The van der Waals surface area contributed by atoms with Gasteiger partial charge in [-0.1, -0.05) is 37.0 Å². The average Bonchev–Trinajstić information content (AvgIpc) is 2.38. The highest BCUT2D eigenvalue weighted by atomic mass is 35.5. The Bertz CT molecular complexity index is 490. The number of rotatable bonds is 4. The molecule has 1 amide bonds. The van der Waals surface area contributed by atoms with E-state index in [0.29, 0.717) is 22.9 Å². The number of nitrogens with zero attached hydrogens (tertiary/aromatic N) is 1. The Morgan fingerprint density at radius 1 is 1.39 bits per heavy atom. The lowest BCUT2D eigenvalue weighted by molar-refractivity contribution is 0.0915. The van der Waals surface area contributed by atoms with Crippen molar-refractivity contribution < 1.29 is 4.79 Å². The van der Waals surface area contributed by atoms with Crippen LogP contribution in [-0.4, -0.2) is 11.4 Å². The van der Waals surface area contributed by atoms with E-state index in [1.807, 2.05) is 13.8 Å². The summed E-state index contributed by atoms with van der Waals surface area (Å²) in [5.41, 5.74) is -0.575. The van der Waals surface area contributed by atoms with Crippen LogP contribution in [0.15, 0.2) is 18.2 Å². The minimum atomic E-state index is -0.858. The van der Waals surface area contributed by atoms with Crippen molar-refractivity contribution in [1.29, 1.82) is 5.26 Å². The van der Waals surface area contributed by atoms with Crippen molar-refractivity contribution in [2.24, 2.45) is 0 Å². The van der Waals surface area contributed by atoms with Gasteiger partial charge in [0, 0.05) is 5.02 Å². The number of halogens is 2. The summed E-state index contributed by atoms with van der Waals surface area (Å²) in [4.78, 5) is 12.1. The van der Waals surface area contributed by atoms with E-state index >= 15 is 0 Å². The molecule has 0 heterocycles. The van der Waals surface area contributed by atoms with Crippen LogP contribution in [0.2, 0.25) is 10.0 Å². The number of amides is 1. The second kappa shape index (κ2) is 6.08. The SMILES string of the molecule is CCC(C#N)(CC)NC(=O)c1cc(Cl)ccc1Cl. The van der Waals surface area contributed by atoms with E-state index in [0.717, 1.165) is 0 Å². The van der Waals surface area contributed by atoms with Crippen LogP contribution in [0, 0.1) is 11.3 Å². The standard InChI is InChI=1S/C13H14Cl2N2O/c1-3-13(4-2,8-16)17-12(18)10-7-9(14)5-6-11(10)15/h5-7H,3-4H2,1-2H3,(H,17,18). The number of nitrogens with one attached hydrogen (secondary N) is 1. The lowest BCUT2D eigenvalue weighted by atomic mass is 9.94. The van der Waals surface area contributed by atoms with Gasteiger partial charge in [-0.2, -0.15) is 5.26 Å². The van der Waals surface area contributed by atoms with Crippen molar-refractivity contribution >= 4 is 29.1 Å². The third-order valence-electron chi connectivity index (χ3n) is 2.95. The molecule has 1 N–H and O–H groups in total. The van der Waals surface area contributed by atoms with E-state index < -0.39 is 5.54 Å². The quantitative estimate of drug-likeness (QED) is 0.914. The van der Waals surface area contributed by atoms with Crippen LogP contribution in [0.3, 0.4) is 0 Å². The second-order valence-electron chi connectivity index (χ2n) is 3.98. The van der Waals surface area contributed by atoms with Crippen LogP contribution in [0.25, 0.3) is 0 Å². The van der Waals surface area contributed by atoms with Crippen LogP contribution >= 0.6 is 23.2 Å². The van der Waals surface area contributed by atoms with Gasteiger partial charge in [-0.15, -0.1) is 0 Å². The van der Waals surface area contributed by atoms with Gasteiger partial charge in [0.25, 0.3) is 5.91 Å². The van der Waals surface area contributed by atoms with Gasteiger partial charge in [0.05, 0.1) is 16.7 Å². The predicted molar refractivity (Wildman–Crippen MR) is 72.9 cm³/mol. The Kier molecular flexibility index (Phi) is 5.01. The molecule has 0 aliphatic heterocycles. The number of carbonyl (C=O) groups excluding carboxylic acids is 1. The number of nitriles is 1. The lowest BCUT2D eigenvalue weighted by Crippen LogP contribution is -2.46. The van der Waals surface area contributed by atoms with Crippen LogP contribution in [0.5, 0.6) is 0 Å². The summed E-state index contributed by atoms with van der Waals surface area (Å²) in [7, 11) is 0. The topological polar surface area (TPSA) is 52.9 Å². The fraction of sp³-hybridized carbons (Fsp3) is 0.385. The molecule has 0 saturated carbocycles. The fourth-order valence-corrected chi connectivity index (χ4v) is 1.94. The molecule has 3 nitrogen and oxygen atoms in total. The Labute approximate surface area is 117 Å². The molecule has 96 valence electrons. The van der Waals surface area contributed by atoms with Crippen LogP contribution in [-0.2, 0) is 0 Å². The van der Waals surface area contributed by atoms with Gasteiger partial charge in [-0.3, -0.25) is 4.79 Å². The van der Waals surface area contributed by atoms with Gasteiger partial charge < -0.3 is 5.32 Å². The van der Waals surface area contributed by atoms with Crippen LogP contribution < -0.4 is 5.32 Å². The van der Waals surface area contributed by atoms with Crippen molar-refractivity contribution in [2.75, 3.05) is 0 Å². The first-order valence-corrected chi connectivity index (χ1v) is 6.42. The highest BCUT2D eigenvalue weighted by Gasteiger charge is 2.28. The van der Waals surface area contributed by atoms with Crippen LogP contribution in [0.4, 0.5) is 0 Å². The van der Waals surface area contributed by atoms with Gasteiger partial charge in [-0.05, 0) is 31.0 Å². The Morgan fingerprint density at radius 2 is 2.00 bits per heavy atom. The summed E-state index contributed by atoms with van der Waals surface area (Å²) in [6, 6.07) is 6.80. The average molecular weight is 285 g/mol. The third-order valence-corrected chi connectivity index (χ3v) is 3.51. The number of hydrogen-bond acceptors (Lipinski definition) is 2. The lowest BCUT2D eigenvalue weighted by Gasteiger charge is -2.25. The van der Waals surface area contributed by atoms with Gasteiger partial charge in [0.2, 0.25) is 0 Å². The largest absolute Gasteiger partial charge is 0.334 e. The van der Waals surface area contributed by atoms with E-state index in [9.17, 15) is 10.1 Å². The van der Waals surface area contributed by atoms with Crippen molar-refractivity contribution in [1.82, 2.24) is 5.32 Å². The van der Waals surface area contributed by atoms with Crippen LogP contribution in [0.1, 0.15) is 37.0 Å². The smallest absolute Gasteiger partial charge is 0.254 e. The van der Waals surface area contributed by atoms with E-state index in [-0.39, 0.29) is 11.5 Å². The first-order chi connectivity index (χ1) is 8.48. The molecule has 18 heavy (non-hydrogen) atoms. The van der Waals surface area contributed by atoms with Gasteiger partial charge in [-0.25, -0.2) is 0 Å². The van der Waals surface area contributed by atoms with E-state index in [1.165, 1.54) is 6.07 Å². The van der Waals surface area contributed by atoms with Crippen molar-refractivity contribution in [3.05, 3.63) is 33.8 Å². The molecule has 0 radical (unpaired) electrons. The highest BCUT2D eigenvalue weighted by Crippen LogP contribution is 2.22. The Morgan fingerprint density at radius 3 is 2.50 bits per heavy atom. The molecule has 0 spiro atoms. The highest BCUT2D eigenvalue weighted by molar-refractivity contribution is 6.35. The summed E-state index contributed by atoms with van der Waals surface area (Å²) in [6.07, 6.45) is 1.06. The first-order valence-electron chi connectivity index (χ1n) is 5.67. The maximum atomic E-state index is 12.1. The molecule has 1 rings (SSSR count). The molecule has 0 aliphatic rings. The molecule has 0 atom stereocenters. The summed E-state index contributed by atoms with van der Waals surface area (Å²) in [5, 5.41) is 12.6. The molecule has 0 aromatic heterocycles. The second-order valence-corrected chi connectivity index (χ2v) is 4.82. The number of carbonyl (C=O) groups is 1. The molecular formula is C13H14Cl2N2O. The molecular weight excluding hydrogens is 271 g/mol. The number of hydrogen-bond donors (Lipinski definition) is 1. The number of benzene rings is 1. The fourth-order valence-electron chi connectivity index (χ4n) is 1.57. The van der Waals surface area contributed by atoms with Crippen molar-refractivity contribution in [2.45, 2.75) is 32.2 Å². The van der Waals surface area contributed by atoms with E-state index in [1.54, 1.807) is 12.1 Å². The molecule has 1 aromatic rings. The van der Waals surface area contributed by atoms with E-state index in [4.69, 9.17) is 23.2 Å².